The van der Waals surface area contributed by atoms with E-state index < -0.39 is 5.97 Å². The Morgan fingerprint density at radius 2 is 1.78 bits per heavy atom. The average Bonchev–Trinajstić information content (AvgIpc) is 3.05. The first-order valence-corrected chi connectivity index (χ1v) is 8.29. The summed E-state index contributed by atoms with van der Waals surface area (Å²) in [5.41, 5.74) is 2.91. The van der Waals surface area contributed by atoms with Gasteiger partial charge in [0.05, 0.1) is 11.1 Å². The van der Waals surface area contributed by atoms with Crippen molar-refractivity contribution in [1.82, 2.24) is 10.2 Å². The third-order valence-electron chi connectivity index (χ3n) is 3.63. The van der Waals surface area contributed by atoms with Gasteiger partial charge in [-0.25, -0.2) is 4.79 Å². The molecule has 0 radical (unpaired) electrons. The molecule has 0 aliphatic rings. The van der Waals surface area contributed by atoms with Crippen molar-refractivity contribution >= 4 is 28.5 Å². The van der Waals surface area contributed by atoms with Crippen LogP contribution >= 0.6 is 0 Å². The second-order valence-corrected chi connectivity index (χ2v) is 5.67. The van der Waals surface area contributed by atoms with Gasteiger partial charge in [-0.3, -0.25) is 9.89 Å². The number of hydrogen-bond acceptors (Lipinski definition) is 3. The summed E-state index contributed by atoms with van der Waals surface area (Å²) in [5, 5.41) is 19.8. The molecule has 0 unspecified atom stereocenters. The maximum Gasteiger partial charge on any atom is 0.335 e. The first-order chi connectivity index (χ1) is 13.0. The van der Waals surface area contributed by atoms with E-state index in [1.807, 2.05) is 19.1 Å². The summed E-state index contributed by atoms with van der Waals surface area (Å²) in [4.78, 5) is 23.1. The van der Waals surface area contributed by atoms with Crippen LogP contribution in [0.15, 0.2) is 67.8 Å². The lowest BCUT2D eigenvalue weighted by Gasteiger charge is -2.06. The summed E-state index contributed by atoms with van der Waals surface area (Å²) in [5.74, 6) is -1.33. The van der Waals surface area contributed by atoms with Gasteiger partial charge in [-0.2, -0.15) is 5.10 Å². The number of carbonyl (C=O) groups excluding carboxylic acids is 1. The number of benzene rings is 2. The smallest absolute Gasteiger partial charge is 0.335 e. The number of carboxylic acids is 1. The summed E-state index contributed by atoms with van der Waals surface area (Å²) < 4.78 is 0. The normalized spacial score (nSPS) is 9.81. The standard InChI is InChI=1S/C18H15N3O3.C3H6/c1-2-3-15-14-10-13(8-9-16(14)21-20-15)19-17(22)11-4-6-12(7-5-11)18(23)24;1-3-2/h2,4-10H,1,3H2,(H,19,22)(H,20,21)(H,23,24);3H,1H2,2H3. The zero-order valence-electron chi connectivity index (χ0n) is 15.0. The largest absolute Gasteiger partial charge is 0.478 e. The van der Waals surface area contributed by atoms with Gasteiger partial charge >= 0.3 is 5.97 Å². The first kappa shape index (κ1) is 19.7. The van der Waals surface area contributed by atoms with Crippen LogP contribution in [-0.2, 0) is 6.42 Å². The van der Waals surface area contributed by atoms with Gasteiger partial charge in [0, 0.05) is 28.8 Å². The summed E-state index contributed by atoms with van der Waals surface area (Å²) in [6, 6.07) is 11.2. The highest BCUT2D eigenvalue weighted by Crippen LogP contribution is 2.21. The highest BCUT2D eigenvalue weighted by atomic mass is 16.4. The van der Waals surface area contributed by atoms with Crippen LogP contribution in [0.25, 0.3) is 10.9 Å². The van der Waals surface area contributed by atoms with E-state index in [4.69, 9.17) is 5.11 Å². The lowest BCUT2D eigenvalue weighted by Crippen LogP contribution is -2.12. The molecule has 0 spiro atoms. The van der Waals surface area contributed by atoms with Crippen LogP contribution in [-0.4, -0.2) is 27.2 Å². The monoisotopic (exact) mass is 363 g/mol. The van der Waals surface area contributed by atoms with Crippen molar-refractivity contribution in [3.05, 3.63) is 84.6 Å². The Morgan fingerprint density at radius 1 is 1.15 bits per heavy atom. The molecule has 2 aromatic carbocycles. The van der Waals surface area contributed by atoms with Gasteiger partial charge in [0.25, 0.3) is 5.91 Å². The van der Waals surface area contributed by atoms with Crippen molar-refractivity contribution < 1.29 is 14.7 Å². The van der Waals surface area contributed by atoms with E-state index >= 15 is 0 Å². The number of aromatic carboxylic acids is 1. The van der Waals surface area contributed by atoms with Crippen LogP contribution in [0, 0.1) is 0 Å². The number of carbonyl (C=O) groups is 2. The maximum absolute atomic E-state index is 12.3. The second kappa shape index (κ2) is 9.15. The molecule has 0 saturated heterocycles. The van der Waals surface area contributed by atoms with E-state index in [0.29, 0.717) is 17.7 Å². The number of anilines is 1. The fourth-order valence-electron chi connectivity index (χ4n) is 2.41. The van der Waals surface area contributed by atoms with Crippen LogP contribution in [0.1, 0.15) is 33.3 Å². The summed E-state index contributed by atoms with van der Waals surface area (Å²) in [7, 11) is 0. The van der Waals surface area contributed by atoms with E-state index in [1.54, 1.807) is 18.2 Å². The van der Waals surface area contributed by atoms with Gasteiger partial charge in [-0.15, -0.1) is 13.2 Å². The third-order valence-corrected chi connectivity index (χ3v) is 3.63. The van der Waals surface area contributed by atoms with E-state index in [0.717, 1.165) is 16.6 Å². The number of amides is 1. The number of H-pyrrole nitrogens is 1. The molecule has 3 aromatic rings. The van der Waals surface area contributed by atoms with Crippen molar-refractivity contribution in [1.29, 1.82) is 0 Å². The summed E-state index contributed by atoms with van der Waals surface area (Å²) in [6.45, 7) is 8.96. The second-order valence-electron chi connectivity index (χ2n) is 5.67. The van der Waals surface area contributed by atoms with Crippen LogP contribution in [0.5, 0.6) is 0 Å². The molecule has 1 amide bonds. The van der Waals surface area contributed by atoms with E-state index in [9.17, 15) is 9.59 Å². The zero-order chi connectivity index (χ0) is 19.8. The number of fused-ring (bicyclic) bond motifs is 1. The predicted octanol–water partition coefficient (Wildman–Crippen LogP) is 4.43. The molecule has 3 rings (SSSR count). The molecule has 3 N–H and O–H groups in total. The minimum atomic E-state index is -1.03. The SMILES string of the molecule is C=CC.C=CCc1[nH]nc2ccc(NC(=O)c3ccc(C(=O)O)cc3)cc12. The van der Waals surface area contributed by atoms with Crippen molar-refractivity contribution in [3.8, 4) is 0 Å². The first-order valence-electron chi connectivity index (χ1n) is 8.29. The van der Waals surface area contributed by atoms with Crippen LogP contribution in [0.4, 0.5) is 5.69 Å². The highest BCUT2D eigenvalue weighted by molar-refractivity contribution is 6.05. The van der Waals surface area contributed by atoms with Gasteiger partial charge in [0.15, 0.2) is 0 Å². The van der Waals surface area contributed by atoms with Crippen LogP contribution in [0.3, 0.4) is 0 Å². The van der Waals surface area contributed by atoms with E-state index in [2.05, 4.69) is 28.7 Å². The number of allylic oxidation sites excluding steroid dienone is 2. The lowest BCUT2D eigenvalue weighted by molar-refractivity contribution is 0.0696. The number of hydrogen-bond donors (Lipinski definition) is 3. The van der Waals surface area contributed by atoms with Gasteiger partial charge < -0.3 is 10.4 Å². The fourth-order valence-corrected chi connectivity index (χ4v) is 2.41. The molecule has 1 aromatic heterocycles. The predicted molar refractivity (Wildman–Crippen MR) is 107 cm³/mol. The van der Waals surface area contributed by atoms with Gasteiger partial charge in [-0.05, 0) is 49.4 Å². The number of nitrogens with zero attached hydrogens (tertiary/aromatic N) is 1. The molecule has 0 fully saturated rings. The number of aromatic amines is 1. The molecule has 0 aliphatic heterocycles. The fraction of sp³-hybridized carbons (Fsp3) is 0.0952. The highest BCUT2D eigenvalue weighted by Gasteiger charge is 2.10. The Balaban J connectivity index is 0.000000817. The number of carboxylic acid groups (broad SMARTS) is 1. The molecular formula is C21H21N3O3. The molecule has 0 saturated carbocycles. The Morgan fingerprint density at radius 3 is 2.37 bits per heavy atom. The van der Waals surface area contributed by atoms with E-state index in [1.165, 1.54) is 24.3 Å². The topological polar surface area (TPSA) is 95.1 Å². The van der Waals surface area contributed by atoms with E-state index in [-0.39, 0.29) is 11.5 Å². The van der Waals surface area contributed by atoms with Crippen molar-refractivity contribution in [3.63, 3.8) is 0 Å². The number of aromatic nitrogens is 2. The number of nitrogens with one attached hydrogen (secondary N) is 2. The van der Waals surface area contributed by atoms with Crippen molar-refractivity contribution in [2.75, 3.05) is 5.32 Å². The Bertz CT molecular complexity index is 972. The van der Waals surface area contributed by atoms with Gasteiger partial charge in [-0.1, -0.05) is 12.2 Å². The average molecular weight is 363 g/mol. The Labute approximate surface area is 157 Å². The van der Waals surface area contributed by atoms with Crippen molar-refractivity contribution in [2.24, 2.45) is 0 Å². The lowest BCUT2D eigenvalue weighted by atomic mass is 10.1. The Hall–Kier alpha value is -3.67. The molecule has 1 heterocycles. The quantitative estimate of drug-likeness (QED) is 0.584. The molecule has 27 heavy (non-hydrogen) atoms. The molecule has 0 bridgehead atoms. The minimum Gasteiger partial charge on any atom is -0.478 e. The molecule has 6 nitrogen and oxygen atoms in total. The molecular weight excluding hydrogens is 342 g/mol. The van der Waals surface area contributed by atoms with Crippen LogP contribution < -0.4 is 5.32 Å². The summed E-state index contributed by atoms with van der Waals surface area (Å²) in [6.07, 6.45) is 4.19. The Kier molecular flexibility index (Phi) is 6.66. The number of rotatable bonds is 5. The molecule has 138 valence electrons. The maximum atomic E-state index is 12.3. The third kappa shape index (κ3) is 4.92. The van der Waals surface area contributed by atoms with Crippen molar-refractivity contribution in [2.45, 2.75) is 13.3 Å². The molecule has 0 aliphatic carbocycles. The van der Waals surface area contributed by atoms with Gasteiger partial charge in [0.1, 0.15) is 0 Å². The summed E-state index contributed by atoms with van der Waals surface area (Å²) >= 11 is 0. The zero-order valence-corrected chi connectivity index (χ0v) is 15.0. The van der Waals surface area contributed by atoms with Gasteiger partial charge in [0.2, 0.25) is 0 Å². The molecule has 6 heteroatoms. The van der Waals surface area contributed by atoms with Crippen LogP contribution in [0.2, 0.25) is 0 Å². The minimum absolute atomic E-state index is 0.139. The molecule has 0 atom stereocenters.